The summed E-state index contributed by atoms with van der Waals surface area (Å²) in [7, 11) is 0. The largest absolute Gasteiger partial charge is 0.352 e. The molecule has 0 aromatic rings. The average Bonchev–Trinajstić information content (AvgIpc) is 2.98. The smallest absolute Gasteiger partial charge is 0.238 e. The summed E-state index contributed by atoms with van der Waals surface area (Å²) in [6.45, 7) is 3.15. The van der Waals surface area contributed by atoms with Gasteiger partial charge >= 0.3 is 0 Å². The lowest BCUT2D eigenvalue weighted by molar-refractivity contribution is -0.122. The molecule has 3 unspecified atom stereocenters. The van der Waals surface area contributed by atoms with Crippen LogP contribution in [0.15, 0.2) is 0 Å². The monoisotopic (exact) mass is 214 g/mol. The first-order chi connectivity index (χ1) is 6.81. The predicted molar refractivity (Wildman–Crippen MR) is 59.4 cm³/mol. The van der Waals surface area contributed by atoms with E-state index in [-0.39, 0.29) is 11.9 Å². The molecule has 2 N–H and O–H groups in total. The molecule has 3 atom stereocenters. The molecule has 4 heteroatoms. The van der Waals surface area contributed by atoms with Gasteiger partial charge in [0, 0.05) is 24.1 Å². The number of thioether (sulfide) groups is 1. The summed E-state index contributed by atoms with van der Waals surface area (Å²) in [5.74, 6) is 3.01. The van der Waals surface area contributed by atoms with Crippen molar-refractivity contribution in [2.75, 3.05) is 18.1 Å². The van der Waals surface area contributed by atoms with Crippen molar-refractivity contribution in [2.45, 2.75) is 31.8 Å². The molecule has 1 saturated carbocycles. The molecular weight excluding hydrogens is 196 g/mol. The zero-order valence-electron chi connectivity index (χ0n) is 8.58. The predicted octanol–water partition coefficient (Wildman–Crippen LogP) is 0.606. The van der Waals surface area contributed by atoms with Gasteiger partial charge in [-0.15, -0.1) is 0 Å². The summed E-state index contributed by atoms with van der Waals surface area (Å²) in [4.78, 5) is 11.7. The van der Waals surface area contributed by atoms with Gasteiger partial charge in [0.05, 0.1) is 6.04 Å². The van der Waals surface area contributed by atoms with E-state index in [1.54, 1.807) is 0 Å². The molecule has 0 bridgehead atoms. The lowest BCUT2D eigenvalue weighted by Gasteiger charge is -2.22. The summed E-state index contributed by atoms with van der Waals surface area (Å²) in [5, 5.41) is 6.36. The van der Waals surface area contributed by atoms with E-state index in [1.807, 2.05) is 11.8 Å². The second-order valence-electron chi connectivity index (χ2n) is 4.10. The third-order valence-electron chi connectivity index (χ3n) is 3.01. The van der Waals surface area contributed by atoms with Gasteiger partial charge in [-0.25, -0.2) is 0 Å². The Kier molecular flexibility index (Phi) is 3.34. The second kappa shape index (κ2) is 4.53. The minimum Gasteiger partial charge on any atom is -0.352 e. The van der Waals surface area contributed by atoms with Crippen LogP contribution < -0.4 is 10.6 Å². The van der Waals surface area contributed by atoms with Gasteiger partial charge in [-0.1, -0.05) is 13.3 Å². The molecule has 2 fully saturated rings. The maximum atomic E-state index is 11.7. The zero-order valence-corrected chi connectivity index (χ0v) is 9.40. The Morgan fingerprint density at radius 3 is 3.07 bits per heavy atom. The van der Waals surface area contributed by atoms with Gasteiger partial charge in [0.15, 0.2) is 0 Å². The maximum absolute atomic E-state index is 11.7. The van der Waals surface area contributed by atoms with Gasteiger partial charge in [-0.3, -0.25) is 4.79 Å². The van der Waals surface area contributed by atoms with Crippen molar-refractivity contribution in [3.63, 3.8) is 0 Å². The van der Waals surface area contributed by atoms with E-state index < -0.39 is 0 Å². The third kappa shape index (κ3) is 2.42. The fourth-order valence-corrected chi connectivity index (χ4v) is 2.83. The molecule has 2 rings (SSSR count). The van der Waals surface area contributed by atoms with Crippen LogP contribution in [-0.2, 0) is 4.79 Å². The van der Waals surface area contributed by atoms with E-state index in [0.29, 0.717) is 6.04 Å². The Morgan fingerprint density at radius 2 is 2.50 bits per heavy atom. The number of hydrogen-bond donors (Lipinski definition) is 2. The summed E-state index contributed by atoms with van der Waals surface area (Å²) in [5.41, 5.74) is 0. The fraction of sp³-hybridized carbons (Fsp3) is 0.900. The van der Waals surface area contributed by atoms with Crippen molar-refractivity contribution >= 4 is 17.7 Å². The average molecular weight is 214 g/mol. The first-order valence-corrected chi connectivity index (χ1v) is 6.58. The Labute approximate surface area is 89.4 Å². The summed E-state index contributed by atoms with van der Waals surface area (Å²) < 4.78 is 0. The molecule has 1 saturated heterocycles. The molecule has 2 aliphatic rings. The molecule has 1 amide bonds. The highest BCUT2D eigenvalue weighted by molar-refractivity contribution is 7.99. The van der Waals surface area contributed by atoms with E-state index in [1.165, 1.54) is 12.8 Å². The van der Waals surface area contributed by atoms with Crippen LogP contribution in [0.3, 0.4) is 0 Å². The summed E-state index contributed by atoms with van der Waals surface area (Å²) in [6, 6.07) is 0.521. The number of rotatable bonds is 3. The Hall–Kier alpha value is -0.220. The number of carbonyl (C=O) groups is 1. The number of nitrogens with one attached hydrogen (secondary N) is 2. The molecule has 1 aliphatic heterocycles. The molecule has 0 aromatic carbocycles. The van der Waals surface area contributed by atoms with Crippen LogP contribution in [0.1, 0.15) is 19.8 Å². The van der Waals surface area contributed by atoms with Crippen molar-refractivity contribution in [2.24, 2.45) is 5.92 Å². The number of hydrogen-bond acceptors (Lipinski definition) is 3. The van der Waals surface area contributed by atoms with Crippen LogP contribution in [0.4, 0.5) is 0 Å². The molecule has 1 aliphatic carbocycles. The van der Waals surface area contributed by atoms with Crippen LogP contribution in [-0.4, -0.2) is 36.0 Å². The minimum absolute atomic E-state index is 0.0480. The van der Waals surface area contributed by atoms with Crippen LogP contribution in [0.25, 0.3) is 0 Å². The Morgan fingerprint density at radius 1 is 1.64 bits per heavy atom. The van der Waals surface area contributed by atoms with Gasteiger partial charge in [0.1, 0.15) is 0 Å². The molecule has 3 nitrogen and oxygen atoms in total. The van der Waals surface area contributed by atoms with Crippen LogP contribution in [0.5, 0.6) is 0 Å². The first-order valence-electron chi connectivity index (χ1n) is 5.42. The molecule has 0 radical (unpaired) electrons. The lowest BCUT2D eigenvalue weighted by Crippen LogP contribution is -2.49. The van der Waals surface area contributed by atoms with Crippen molar-refractivity contribution < 1.29 is 4.79 Å². The SMILES string of the molecule is CCC1CC1NC(=O)C1CSCCN1. The number of carbonyl (C=O) groups excluding carboxylic acids is 1. The van der Waals surface area contributed by atoms with E-state index in [9.17, 15) is 4.79 Å². The summed E-state index contributed by atoms with van der Waals surface area (Å²) in [6.07, 6.45) is 2.37. The summed E-state index contributed by atoms with van der Waals surface area (Å²) >= 11 is 1.86. The first kappa shape index (κ1) is 10.3. The quantitative estimate of drug-likeness (QED) is 0.723. The molecule has 14 heavy (non-hydrogen) atoms. The fourth-order valence-electron chi connectivity index (χ4n) is 1.89. The van der Waals surface area contributed by atoms with Gasteiger partial charge < -0.3 is 10.6 Å². The van der Waals surface area contributed by atoms with Crippen LogP contribution in [0.2, 0.25) is 0 Å². The van der Waals surface area contributed by atoms with E-state index in [2.05, 4.69) is 17.6 Å². The van der Waals surface area contributed by atoms with Crippen molar-refractivity contribution in [1.82, 2.24) is 10.6 Å². The molecule has 0 aromatic heterocycles. The van der Waals surface area contributed by atoms with Gasteiger partial charge in [-0.2, -0.15) is 11.8 Å². The highest BCUT2D eigenvalue weighted by Gasteiger charge is 2.37. The van der Waals surface area contributed by atoms with Crippen molar-refractivity contribution in [1.29, 1.82) is 0 Å². The van der Waals surface area contributed by atoms with Gasteiger partial charge in [0.2, 0.25) is 5.91 Å². The lowest BCUT2D eigenvalue weighted by atomic mass is 10.3. The third-order valence-corrected chi connectivity index (χ3v) is 4.07. The normalized spacial score (nSPS) is 36.5. The highest BCUT2D eigenvalue weighted by atomic mass is 32.2. The van der Waals surface area contributed by atoms with Crippen molar-refractivity contribution in [3.8, 4) is 0 Å². The molecule has 1 heterocycles. The topological polar surface area (TPSA) is 41.1 Å². The number of amides is 1. The second-order valence-corrected chi connectivity index (χ2v) is 5.25. The Bertz CT molecular complexity index is 216. The Balaban J connectivity index is 1.72. The van der Waals surface area contributed by atoms with Crippen molar-refractivity contribution in [3.05, 3.63) is 0 Å². The molecule has 0 spiro atoms. The molecular formula is C10H18N2OS. The standard InChI is InChI=1S/C10H18N2OS/c1-2-7-5-8(7)12-10(13)9-6-14-4-3-11-9/h7-9,11H,2-6H2,1H3,(H,12,13). The van der Waals surface area contributed by atoms with Crippen LogP contribution in [0, 0.1) is 5.92 Å². The maximum Gasteiger partial charge on any atom is 0.238 e. The highest BCUT2D eigenvalue weighted by Crippen LogP contribution is 2.33. The van der Waals surface area contributed by atoms with Gasteiger partial charge in [0.25, 0.3) is 0 Å². The van der Waals surface area contributed by atoms with E-state index >= 15 is 0 Å². The van der Waals surface area contributed by atoms with Crippen LogP contribution >= 0.6 is 11.8 Å². The minimum atomic E-state index is 0.0480. The van der Waals surface area contributed by atoms with E-state index in [0.717, 1.165) is 24.0 Å². The van der Waals surface area contributed by atoms with Gasteiger partial charge in [-0.05, 0) is 12.3 Å². The molecule has 80 valence electrons. The van der Waals surface area contributed by atoms with E-state index in [4.69, 9.17) is 0 Å². The zero-order chi connectivity index (χ0) is 9.97.